The fraction of sp³-hybridized carbons (Fsp3) is 0.419. The molecule has 0 amide bonds. The van der Waals surface area contributed by atoms with Gasteiger partial charge >= 0.3 is 0 Å². The third-order valence-corrected chi connectivity index (χ3v) is 6.47. The number of methoxy groups -OCH3 is 3. The highest BCUT2D eigenvalue weighted by Gasteiger charge is 2.16. The monoisotopic (exact) mass is 490 g/mol. The van der Waals surface area contributed by atoms with Crippen LogP contribution in [0.15, 0.2) is 66.7 Å². The number of ether oxygens (including phenoxy) is 3. The van der Waals surface area contributed by atoms with Crippen LogP contribution in [0.4, 0.5) is 0 Å². The molecule has 0 fully saturated rings. The molecule has 2 N–H and O–H groups in total. The van der Waals surface area contributed by atoms with Crippen LogP contribution in [0.25, 0.3) is 11.1 Å². The van der Waals surface area contributed by atoms with Crippen LogP contribution in [0, 0.1) is 0 Å². The second kappa shape index (κ2) is 15.9. The molecule has 0 atom stereocenters. The normalized spacial score (nSPS) is 10.9. The van der Waals surface area contributed by atoms with Gasteiger partial charge in [-0.1, -0.05) is 61.4 Å². The van der Waals surface area contributed by atoms with Crippen LogP contribution in [-0.2, 0) is 12.8 Å². The molecule has 0 aliphatic rings. The lowest BCUT2D eigenvalue weighted by Crippen LogP contribution is -2.19. The van der Waals surface area contributed by atoms with Gasteiger partial charge in [0, 0.05) is 5.56 Å². The average Bonchev–Trinajstić information content (AvgIpc) is 2.93. The minimum Gasteiger partial charge on any atom is -0.497 e. The third-order valence-electron chi connectivity index (χ3n) is 6.47. The van der Waals surface area contributed by atoms with Crippen LogP contribution < -0.4 is 24.8 Å². The Morgan fingerprint density at radius 2 is 1.25 bits per heavy atom. The Kier molecular flexibility index (Phi) is 12.2. The Morgan fingerprint density at radius 3 is 1.86 bits per heavy atom. The van der Waals surface area contributed by atoms with E-state index < -0.39 is 0 Å². The molecule has 0 aliphatic heterocycles. The van der Waals surface area contributed by atoms with Gasteiger partial charge in [-0.2, -0.15) is 0 Å². The molecule has 0 aromatic heterocycles. The number of nitrogens with one attached hydrogen (secondary N) is 2. The minimum atomic E-state index is 0.745. The van der Waals surface area contributed by atoms with Crippen molar-refractivity contribution < 1.29 is 14.2 Å². The maximum absolute atomic E-state index is 5.77. The molecule has 3 rings (SSSR count). The first-order chi connectivity index (χ1) is 17.8. The summed E-state index contributed by atoms with van der Waals surface area (Å²) in [5, 5.41) is 7.18. The second-order valence-electron chi connectivity index (χ2n) is 8.96. The van der Waals surface area contributed by atoms with Crippen molar-refractivity contribution in [1.82, 2.24) is 10.6 Å². The molecule has 3 aromatic rings. The largest absolute Gasteiger partial charge is 0.497 e. The number of rotatable bonds is 17. The molecular weight excluding hydrogens is 448 g/mol. The summed E-state index contributed by atoms with van der Waals surface area (Å²) < 4.78 is 16.7. The summed E-state index contributed by atoms with van der Waals surface area (Å²) in [5.41, 5.74) is 4.83. The van der Waals surface area contributed by atoms with Crippen LogP contribution in [0.1, 0.15) is 36.8 Å². The summed E-state index contributed by atoms with van der Waals surface area (Å²) in [6.07, 6.45) is 7.02. The molecule has 0 saturated heterocycles. The van der Waals surface area contributed by atoms with Crippen LogP contribution in [0.3, 0.4) is 0 Å². The lowest BCUT2D eigenvalue weighted by molar-refractivity contribution is 0.355. The van der Waals surface area contributed by atoms with Gasteiger partial charge in [-0.3, -0.25) is 0 Å². The van der Waals surface area contributed by atoms with Gasteiger partial charge in [0.1, 0.15) is 5.75 Å². The highest BCUT2D eigenvalue weighted by Crippen LogP contribution is 2.41. The van der Waals surface area contributed by atoms with Crippen molar-refractivity contribution in [2.45, 2.75) is 38.5 Å². The van der Waals surface area contributed by atoms with E-state index in [1.165, 1.54) is 36.8 Å². The van der Waals surface area contributed by atoms with E-state index in [0.29, 0.717) is 0 Å². The van der Waals surface area contributed by atoms with E-state index in [9.17, 15) is 0 Å². The Bertz CT molecular complexity index is 1010. The van der Waals surface area contributed by atoms with E-state index >= 15 is 0 Å². The van der Waals surface area contributed by atoms with Crippen LogP contribution in [0.2, 0.25) is 0 Å². The van der Waals surface area contributed by atoms with E-state index in [2.05, 4.69) is 59.2 Å². The summed E-state index contributed by atoms with van der Waals surface area (Å²) in [7, 11) is 5.06. The number of unbranched alkanes of at least 4 members (excludes halogenated alkanes) is 3. The summed E-state index contributed by atoms with van der Waals surface area (Å²) in [4.78, 5) is 0. The van der Waals surface area contributed by atoms with Gasteiger partial charge in [0.2, 0.25) is 0 Å². The van der Waals surface area contributed by atoms with E-state index in [0.717, 1.165) is 67.4 Å². The van der Waals surface area contributed by atoms with Gasteiger partial charge in [0.15, 0.2) is 11.5 Å². The zero-order valence-electron chi connectivity index (χ0n) is 22.1. The van der Waals surface area contributed by atoms with Gasteiger partial charge in [-0.15, -0.1) is 0 Å². The SMILES string of the molecule is COc1ccc(-c2c(CCNCCCCCCNCCc3ccccc3)ccc(OC)c2OC)cc1. The predicted octanol–water partition coefficient (Wildman–Crippen LogP) is 5.90. The molecular formula is C31H42N2O3. The minimum absolute atomic E-state index is 0.745. The predicted molar refractivity (Wildman–Crippen MR) is 150 cm³/mol. The maximum atomic E-state index is 5.77. The first-order valence-electron chi connectivity index (χ1n) is 13.1. The lowest BCUT2D eigenvalue weighted by Gasteiger charge is -2.18. The molecule has 0 bridgehead atoms. The van der Waals surface area contributed by atoms with Crippen molar-refractivity contribution in [2.24, 2.45) is 0 Å². The molecule has 5 nitrogen and oxygen atoms in total. The van der Waals surface area contributed by atoms with Crippen molar-refractivity contribution in [3.8, 4) is 28.4 Å². The van der Waals surface area contributed by atoms with Crippen molar-refractivity contribution in [3.63, 3.8) is 0 Å². The van der Waals surface area contributed by atoms with E-state index in [4.69, 9.17) is 14.2 Å². The quantitative estimate of drug-likeness (QED) is 0.231. The molecule has 0 unspecified atom stereocenters. The molecule has 0 heterocycles. The zero-order valence-corrected chi connectivity index (χ0v) is 22.1. The average molecular weight is 491 g/mol. The Labute approximate surface area is 217 Å². The fourth-order valence-electron chi connectivity index (χ4n) is 4.45. The van der Waals surface area contributed by atoms with Gasteiger partial charge in [0.05, 0.1) is 21.3 Å². The Balaban J connectivity index is 1.36. The Hall–Kier alpha value is -3.02. The highest BCUT2D eigenvalue weighted by molar-refractivity contribution is 5.77. The Morgan fingerprint density at radius 1 is 0.583 bits per heavy atom. The number of hydrogen-bond acceptors (Lipinski definition) is 5. The molecule has 0 aliphatic carbocycles. The molecule has 5 heteroatoms. The van der Waals surface area contributed by atoms with Crippen molar-refractivity contribution in [2.75, 3.05) is 47.5 Å². The van der Waals surface area contributed by atoms with Crippen molar-refractivity contribution in [3.05, 3.63) is 77.9 Å². The van der Waals surface area contributed by atoms with E-state index in [-0.39, 0.29) is 0 Å². The molecule has 36 heavy (non-hydrogen) atoms. The topological polar surface area (TPSA) is 51.8 Å². The third kappa shape index (κ3) is 8.58. The van der Waals surface area contributed by atoms with Crippen LogP contribution in [-0.4, -0.2) is 47.5 Å². The van der Waals surface area contributed by atoms with Crippen molar-refractivity contribution >= 4 is 0 Å². The van der Waals surface area contributed by atoms with Gasteiger partial charge in [-0.05, 0) is 86.8 Å². The summed E-state index contributed by atoms with van der Waals surface area (Å²) >= 11 is 0. The maximum Gasteiger partial charge on any atom is 0.168 e. The van der Waals surface area contributed by atoms with E-state index in [1.807, 2.05) is 18.2 Å². The lowest BCUT2D eigenvalue weighted by atomic mass is 9.95. The molecule has 0 spiro atoms. The molecule has 0 saturated carbocycles. The molecule has 3 aromatic carbocycles. The molecule has 0 radical (unpaired) electrons. The standard InChI is InChI=1S/C31H42N2O3/c1-34-28-16-13-26(14-17-28)30-27(15-18-29(35-2)31(30)36-3)20-24-33-22-10-5-4-9-21-32-23-19-25-11-7-6-8-12-25/h6-8,11-18,32-33H,4-5,9-10,19-24H2,1-3H3. The first kappa shape index (κ1) is 27.6. The smallest absolute Gasteiger partial charge is 0.168 e. The summed E-state index contributed by atoms with van der Waals surface area (Å²) in [6, 6.07) is 22.9. The summed E-state index contributed by atoms with van der Waals surface area (Å²) in [6.45, 7) is 4.14. The zero-order chi connectivity index (χ0) is 25.4. The van der Waals surface area contributed by atoms with Gasteiger partial charge in [0.25, 0.3) is 0 Å². The van der Waals surface area contributed by atoms with Crippen molar-refractivity contribution in [1.29, 1.82) is 0 Å². The van der Waals surface area contributed by atoms with Crippen LogP contribution >= 0.6 is 0 Å². The molecule has 194 valence electrons. The first-order valence-corrected chi connectivity index (χ1v) is 13.1. The summed E-state index contributed by atoms with van der Waals surface area (Å²) in [5.74, 6) is 2.36. The van der Waals surface area contributed by atoms with Gasteiger partial charge in [-0.25, -0.2) is 0 Å². The van der Waals surface area contributed by atoms with Gasteiger partial charge < -0.3 is 24.8 Å². The number of benzene rings is 3. The second-order valence-corrected chi connectivity index (χ2v) is 8.96. The van der Waals surface area contributed by atoms with E-state index in [1.54, 1.807) is 21.3 Å². The van der Waals surface area contributed by atoms with Crippen LogP contribution in [0.5, 0.6) is 17.2 Å². The fourth-order valence-corrected chi connectivity index (χ4v) is 4.45. The number of hydrogen-bond donors (Lipinski definition) is 2. The highest BCUT2D eigenvalue weighted by atomic mass is 16.5.